The molecule has 16 heavy (non-hydrogen) atoms. The standard InChI is InChI=1S/C13H24N2O/c1-2-11(13-9-16-7-6-14-13)12(3-1)15-8-10-4-5-10/h10-15H,1-9H2. The van der Waals surface area contributed by atoms with Crippen LogP contribution in [-0.4, -0.2) is 38.4 Å². The van der Waals surface area contributed by atoms with Crippen molar-refractivity contribution in [2.24, 2.45) is 11.8 Å². The molecule has 2 aliphatic carbocycles. The van der Waals surface area contributed by atoms with Crippen LogP contribution in [0.4, 0.5) is 0 Å². The quantitative estimate of drug-likeness (QED) is 0.751. The third-order valence-corrected chi connectivity index (χ3v) is 4.40. The monoisotopic (exact) mass is 224 g/mol. The van der Waals surface area contributed by atoms with Crippen molar-refractivity contribution in [1.82, 2.24) is 10.6 Å². The van der Waals surface area contributed by atoms with Crippen LogP contribution < -0.4 is 10.6 Å². The molecule has 3 atom stereocenters. The SMILES string of the molecule is C1CC(NCC2CC2)C(C2COCCN2)C1. The predicted octanol–water partition coefficient (Wildman–Crippen LogP) is 1.14. The maximum Gasteiger partial charge on any atom is 0.0623 e. The maximum absolute atomic E-state index is 5.59. The molecule has 3 heteroatoms. The summed E-state index contributed by atoms with van der Waals surface area (Å²) in [6.07, 6.45) is 7.05. The Bertz CT molecular complexity index is 224. The summed E-state index contributed by atoms with van der Waals surface area (Å²) < 4.78 is 5.59. The molecule has 0 aromatic carbocycles. The third-order valence-electron chi connectivity index (χ3n) is 4.40. The number of hydrogen-bond acceptors (Lipinski definition) is 3. The molecule has 3 rings (SSSR count). The van der Waals surface area contributed by atoms with Crippen LogP contribution in [0, 0.1) is 11.8 Å². The van der Waals surface area contributed by atoms with Crippen LogP contribution in [-0.2, 0) is 4.74 Å². The summed E-state index contributed by atoms with van der Waals surface area (Å²) in [6.45, 7) is 4.11. The second kappa shape index (κ2) is 5.03. The van der Waals surface area contributed by atoms with Gasteiger partial charge in [0, 0.05) is 18.6 Å². The first-order valence-corrected chi connectivity index (χ1v) is 6.98. The lowest BCUT2D eigenvalue weighted by Gasteiger charge is -2.33. The van der Waals surface area contributed by atoms with Gasteiger partial charge in [-0.2, -0.15) is 0 Å². The molecule has 0 aromatic rings. The van der Waals surface area contributed by atoms with Crippen LogP contribution in [0.3, 0.4) is 0 Å². The van der Waals surface area contributed by atoms with Crippen LogP contribution in [0.2, 0.25) is 0 Å². The van der Waals surface area contributed by atoms with Gasteiger partial charge in [-0.05, 0) is 44.1 Å². The van der Waals surface area contributed by atoms with Gasteiger partial charge >= 0.3 is 0 Å². The third kappa shape index (κ3) is 2.58. The van der Waals surface area contributed by atoms with E-state index in [2.05, 4.69) is 10.6 Å². The summed E-state index contributed by atoms with van der Waals surface area (Å²) in [6, 6.07) is 1.35. The van der Waals surface area contributed by atoms with Crippen LogP contribution >= 0.6 is 0 Å². The zero-order valence-corrected chi connectivity index (χ0v) is 10.1. The first-order chi connectivity index (χ1) is 7.93. The molecule has 3 aliphatic rings. The minimum atomic E-state index is 0.605. The molecule has 1 saturated heterocycles. The van der Waals surface area contributed by atoms with Crippen LogP contribution in [0.5, 0.6) is 0 Å². The minimum Gasteiger partial charge on any atom is -0.379 e. The summed E-state index contributed by atoms with van der Waals surface area (Å²) >= 11 is 0. The van der Waals surface area contributed by atoms with Gasteiger partial charge in [0.15, 0.2) is 0 Å². The fourth-order valence-corrected chi connectivity index (χ4v) is 3.22. The van der Waals surface area contributed by atoms with Crippen LogP contribution in [0.1, 0.15) is 32.1 Å². The average Bonchev–Trinajstić information content (AvgIpc) is 3.05. The molecule has 3 unspecified atom stereocenters. The van der Waals surface area contributed by atoms with Gasteiger partial charge in [0.05, 0.1) is 13.2 Å². The number of ether oxygens (including phenoxy) is 1. The van der Waals surface area contributed by atoms with E-state index in [0.29, 0.717) is 6.04 Å². The van der Waals surface area contributed by atoms with Gasteiger partial charge in [-0.25, -0.2) is 0 Å². The molecule has 3 fully saturated rings. The highest BCUT2D eigenvalue weighted by molar-refractivity contribution is 4.93. The lowest BCUT2D eigenvalue weighted by molar-refractivity contribution is 0.0525. The molecule has 1 aliphatic heterocycles. The number of nitrogens with one attached hydrogen (secondary N) is 2. The molecule has 3 nitrogen and oxygen atoms in total. The molecular weight excluding hydrogens is 200 g/mol. The smallest absolute Gasteiger partial charge is 0.0623 e. The Kier molecular flexibility index (Phi) is 3.46. The van der Waals surface area contributed by atoms with E-state index in [9.17, 15) is 0 Å². The fraction of sp³-hybridized carbons (Fsp3) is 1.00. The Morgan fingerprint density at radius 2 is 2.12 bits per heavy atom. The van der Waals surface area contributed by atoms with Gasteiger partial charge < -0.3 is 15.4 Å². The van der Waals surface area contributed by atoms with E-state index in [1.165, 1.54) is 38.6 Å². The van der Waals surface area contributed by atoms with Gasteiger partial charge in [-0.1, -0.05) is 6.42 Å². The van der Waals surface area contributed by atoms with E-state index in [-0.39, 0.29) is 0 Å². The van der Waals surface area contributed by atoms with Crippen LogP contribution in [0.25, 0.3) is 0 Å². The summed E-state index contributed by atoms with van der Waals surface area (Å²) in [5, 5.41) is 7.42. The Balaban J connectivity index is 1.50. The average molecular weight is 224 g/mol. The van der Waals surface area contributed by atoms with Crippen molar-refractivity contribution >= 4 is 0 Å². The zero-order chi connectivity index (χ0) is 10.8. The highest BCUT2D eigenvalue weighted by Gasteiger charge is 2.35. The van der Waals surface area contributed by atoms with E-state index in [4.69, 9.17) is 4.74 Å². The molecule has 2 N–H and O–H groups in total. The van der Waals surface area contributed by atoms with Crippen molar-refractivity contribution in [3.05, 3.63) is 0 Å². The fourth-order valence-electron chi connectivity index (χ4n) is 3.22. The molecule has 0 bridgehead atoms. The lowest BCUT2D eigenvalue weighted by Crippen LogP contribution is -2.51. The van der Waals surface area contributed by atoms with E-state index < -0.39 is 0 Å². The highest BCUT2D eigenvalue weighted by atomic mass is 16.5. The van der Waals surface area contributed by atoms with Gasteiger partial charge in [0.1, 0.15) is 0 Å². The van der Waals surface area contributed by atoms with Crippen molar-refractivity contribution in [3.8, 4) is 0 Å². The van der Waals surface area contributed by atoms with Crippen molar-refractivity contribution < 1.29 is 4.74 Å². The van der Waals surface area contributed by atoms with Crippen LogP contribution in [0.15, 0.2) is 0 Å². The summed E-state index contributed by atoms with van der Waals surface area (Å²) in [7, 11) is 0. The number of rotatable bonds is 4. The second-order valence-corrected chi connectivity index (χ2v) is 5.69. The Hall–Kier alpha value is -0.120. The van der Waals surface area contributed by atoms with Crippen molar-refractivity contribution in [1.29, 1.82) is 0 Å². The molecule has 2 saturated carbocycles. The van der Waals surface area contributed by atoms with Gasteiger partial charge in [-0.3, -0.25) is 0 Å². The Labute approximate surface area is 98.3 Å². The van der Waals surface area contributed by atoms with E-state index in [1.54, 1.807) is 0 Å². The molecule has 0 spiro atoms. The van der Waals surface area contributed by atoms with Crippen molar-refractivity contribution in [2.45, 2.75) is 44.2 Å². The largest absolute Gasteiger partial charge is 0.379 e. The first kappa shape index (κ1) is 11.0. The lowest BCUT2D eigenvalue weighted by atomic mass is 9.94. The topological polar surface area (TPSA) is 33.3 Å². The van der Waals surface area contributed by atoms with Crippen molar-refractivity contribution in [3.63, 3.8) is 0 Å². The summed E-state index contributed by atoms with van der Waals surface area (Å²) in [5.74, 6) is 1.80. The van der Waals surface area contributed by atoms with Gasteiger partial charge in [0.25, 0.3) is 0 Å². The molecular formula is C13H24N2O. The van der Waals surface area contributed by atoms with Gasteiger partial charge in [0.2, 0.25) is 0 Å². The normalized spacial score (nSPS) is 40.1. The Morgan fingerprint density at radius 1 is 1.19 bits per heavy atom. The van der Waals surface area contributed by atoms with Gasteiger partial charge in [-0.15, -0.1) is 0 Å². The predicted molar refractivity (Wildman–Crippen MR) is 64.5 cm³/mol. The summed E-state index contributed by atoms with van der Waals surface area (Å²) in [5.41, 5.74) is 0. The van der Waals surface area contributed by atoms with Crippen molar-refractivity contribution in [2.75, 3.05) is 26.3 Å². The molecule has 0 amide bonds. The molecule has 92 valence electrons. The van der Waals surface area contributed by atoms with E-state index in [1.807, 2.05) is 0 Å². The van der Waals surface area contributed by atoms with E-state index >= 15 is 0 Å². The second-order valence-electron chi connectivity index (χ2n) is 5.69. The first-order valence-electron chi connectivity index (χ1n) is 6.98. The molecule has 0 radical (unpaired) electrons. The zero-order valence-electron chi connectivity index (χ0n) is 10.1. The highest BCUT2D eigenvalue weighted by Crippen LogP contribution is 2.32. The maximum atomic E-state index is 5.59. The Morgan fingerprint density at radius 3 is 2.88 bits per heavy atom. The summed E-state index contributed by atoms with van der Waals surface area (Å²) in [4.78, 5) is 0. The number of morpholine rings is 1. The molecule has 0 aromatic heterocycles. The number of hydrogen-bond donors (Lipinski definition) is 2. The molecule has 1 heterocycles. The van der Waals surface area contributed by atoms with E-state index in [0.717, 1.165) is 37.6 Å². The minimum absolute atomic E-state index is 0.605.